The van der Waals surface area contributed by atoms with Gasteiger partial charge in [0.1, 0.15) is 6.29 Å². The molecule has 0 saturated carbocycles. The van der Waals surface area contributed by atoms with Crippen LogP contribution in [0.2, 0.25) is 0 Å². The molecule has 0 unspecified atom stereocenters. The van der Waals surface area contributed by atoms with E-state index in [1.165, 1.54) is 32.4 Å². The monoisotopic (exact) mass is 402 g/mol. The summed E-state index contributed by atoms with van der Waals surface area (Å²) < 4.78 is 9.82. The average Bonchev–Trinajstić information content (AvgIpc) is 2.72. The van der Waals surface area contributed by atoms with Crippen LogP contribution in [0.15, 0.2) is 41.4 Å². The molecule has 158 valence electrons. The highest BCUT2D eigenvalue weighted by Crippen LogP contribution is 2.26. The molecule has 0 atom stereocenters. The Hall–Kier alpha value is -3.06. The third-order valence-corrected chi connectivity index (χ3v) is 3.93. The van der Waals surface area contributed by atoms with Crippen LogP contribution in [0.1, 0.15) is 28.8 Å². The van der Waals surface area contributed by atoms with E-state index in [2.05, 4.69) is 24.0 Å². The Morgan fingerprint density at radius 3 is 2.00 bits per heavy atom. The summed E-state index contributed by atoms with van der Waals surface area (Å²) >= 11 is 0. The molecule has 7 nitrogen and oxygen atoms in total. The third kappa shape index (κ3) is 9.12. The normalized spacial score (nSPS) is 10.5. The van der Waals surface area contributed by atoms with E-state index in [1.54, 1.807) is 12.1 Å². The van der Waals surface area contributed by atoms with E-state index >= 15 is 0 Å². The highest BCUT2D eigenvalue weighted by atomic mass is 16.5. The van der Waals surface area contributed by atoms with Gasteiger partial charge in [0.15, 0.2) is 23.0 Å². The summed E-state index contributed by atoms with van der Waals surface area (Å²) in [7, 11) is 7.12. The predicted octanol–water partition coefficient (Wildman–Crippen LogP) is 3.37. The number of aromatic hydroxyl groups is 2. The first-order valence-electron chi connectivity index (χ1n) is 9.25. The zero-order chi connectivity index (χ0) is 21.6. The summed E-state index contributed by atoms with van der Waals surface area (Å²) in [5.41, 5.74) is 1.43. The van der Waals surface area contributed by atoms with Crippen LogP contribution in [-0.4, -0.2) is 69.0 Å². The minimum absolute atomic E-state index is 0.0399. The van der Waals surface area contributed by atoms with E-state index in [9.17, 15) is 9.90 Å². The predicted molar refractivity (Wildman–Crippen MR) is 115 cm³/mol. The molecule has 7 heteroatoms. The molecule has 2 N–H and O–H groups in total. The van der Waals surface area contributed by atoms with E-state index in [4.69, 9.17) is 14.6 Å². The molecule has 0 saturated heterocycles. The number of nitrogens with zero attached hydrogens (tertiary/aromatic N) is 2. The number of carbonyl (C=O) groups is 1. The second-order valence-corrected chi connectivity index (χ2v) is 6.53. The van der Waals surface area contributed by atoms with E-state index < -0.39 is 0 Å². The number of unbranched alkanes of at least 4 members (excludes halogenated alkanes) is 1. The van der Waals surface area contributed by atoms with Crippen molar-refractivity contribution in [3.63, 3.8) is 0 Å². The quantitative estimate of drug-likeness (QED) is 0.380. The molecule has 29 heavy (non-hydrogen) atoms. The first-order valence-corrected chi connectivity index (χ1v) is 9.25. The second-order valence-electron chi connectivity index (χ2n) is 6.53. The van der Waals surface area contributed by atoms with Crippen molar-refractivity contribution in [3.8, 4) is 23.0 Å². The zero-order valence-electron chi connectivity index (χ0n) is 17.5. The number of phenols is 2. The second kappa shape index (κ2) is 13.2. The van der Waals surface area contributed by atoms with Gasteiger partial charge in [-0.3, -0.25) is 9.79 Å². The molecule has 0 spiro atoms. The number of aliphatic imine (C=N–C) groups is 1. The van der Waals surface area contributed by atoms with Gasteiger partial charge in [0, 0.05) is 18.3 Å². The van der Waals surface area contributed by atoms with Gasteiger partial charge < -0.3 is 24.6 Å². The Bertz CT molecular complexity index is 791. The molecule has 0 radical (unpaired) electrons. The van der Waals surface area contributed by atoms with Crippen LogP contribution in [0.4, 0.5) is 0 Å². The Morgan fingerprint density at radius 1 is 0.931 bits per heavy atom. The van der Waals surface area contributed by atoms with Crippen molar-refractivity contribution in [2.24, 2.45) is 4.99 Å². The Balaban J connectivity index is 0.000000326. The molecule has 0 fully saturated rings. The lowest BCUT2D eigenvalue weighted by Crippen LogP contribution is -2.12. The van der Waals surface area contributed by atoms with Crippen molar-refractivity contribution in [2.75, 3.05) is 41.4 Å². The summed E-state index contributed by atoms with van der Waals surface area (Å²) in [6.07, 6.45) is 4.76. The summed E-state index contributed by atoms with van der Waals surface area (Å²) in [6, 6.07) is 9.63. The Kier molecular flexibility index (Phi) is 10.9. The van der Waals surface area contributed by atoms with Crippen LogP contribution in [0, 0.1) is 0 Å². The van der Waals surface area contributed by atoms with Gasteiger partial charge >= 0.3 is 0 Å². The summed E-state index contributed by atoms with van der Waals surface area (Å²) in [6.45, 7) is 1.93. The number of rotatable bonds is 9. The van der Waals surface area contributed by atoms with Crippen LogP contribution < -0.4 is 9.47 Å². The number of benzene rings is 2. The van der Waals surface area contributed by atoms with Gasteiger partial charge in [0.05, 0.1) is 14.2 Å². The van der Waals surface area contributed by atoms with Crippen molar-refractivity contribution in [2.45, 2.75) is 12.8 Å². The Labute approximate surface area is 172 Å². The molecular formula is C22H30N2O5. The minimum atomic E-state index is 0.0399. The molecule has 0 aliphatic carbocycles. The fourth-order valence-corrected chi connectivity index (χ4v) is 2.34. The minimum Gasteiger partial charge on any atom is -0.504 e. The maximum atomic E-state index is 10.2. The molecule has 2 aromatic rings. The number of hydrogen-bond donors (Lipinski definition) is 2. The summed E-state index contributed by atoms with van der Waals surface area (Å²) in [5, 5.41) is 18.5. The molecule has 0 aliphatic heterocycles. The zero-order valence-corrected chi connectivity index (χ0v) is 17.5. The number of hydrogen-bond acceptors (Lipinski definition) is 7. The maximum Gasteiger partial charge on any atom is 0.161 e. The number of phenolic OH excluding ortho intramolecular Hbond substituents is 2. The van der Waals surface area contributed by atoms with Crippen LogP contribution in [0.3, 0.4) is 0 Å². The SMILES string of the molecule is COc1cc(C=NCCCCN(C)C)ccc1O.COc1cc(C=O)ccc1O. The topological polar surface area (TPSA) is 91.6 Å². The summed E-state index contributed by atoms with van der Waals surface area (Å²) in [5.74, 6) is 0.986. The van der Waals surface area contributed by atoms with E-state index in [1.807, 2.05) is 12.3 Å². The van der Waals surface area contributed by atoms with Gasteiger partial charge in [-0.25, -0.2) is 0 Å². The maximum absolute atomic E-state index is 10.2. The molecule has 0 bridgehead atoms. The highest BCUT2D eigenvalue weighted by Gasteiger charge is 2.01. The molecule has 0 aliphatic rings. The van der Waals surface area contributed by atoms with Crippen molar-refractivity contribution in [1.29, 1.82) is 0 Å². The highest BCUT2D eigenvalue weighted by molar-refractivity contribution is 5.80. The van der Waals surface area contributed by atoms with Crippen LogP contribution in [0.25, 0.3) is 0 Å². The van der Waals surface area contributed by atoms with Crippen molar-refractivity contribution < 1.29 is 24.5 Å². The number of aldehydes is 1. The molecule has 2 aromatic carbocycles. The Morgan fingerprint density at radius 2 is 1.48 bits per heavy atom. The van der Waals surface area contributed by atoms with E-state index in [-0.39, 0.29) is 11.5 Å². The fraction of sp³-hybridized carbons (Fsp3) is 0.364. The van der Waals surface area contributed by atoms with Crippen molar-refractivity contribution in [3.05, 3.63) is 47.5 Å². The van der Waals surface area contributed by atoms with Crippen LogP contribution >= 0.6 is 0 Å². The van der Waals surface area contributed by atoms with E-state index in [0.717, 1.165) is 31.5 Å². The lowest BCUT2D eigenvalue weighted by Gasteiger charge is -2.07. The number of carbonyl (C=O) groups excluding carboxylic acids is 1. The number of ether oxygens (including phenoxy) is 2. The molecular weight excluding hydrogens is 372 g/mol. The fourth-order valence-electron chi connectivity index (χ4n) is 2.34. The lowest BCUT2D eigenvalue weighted by atomic mass is 10.2. The standard InChI is InChI=1S/C14H22N2O2.C8H8O3/c1-16(2)9-5-4-8-15-11-12-6-7-13(17)14(10-12)18-3;1-11-8-4-6(5-9)2-3-7(8)10/h6-7,10-11,17H,4-5,8-9H2,1-3H3;2-5,10H,1H3. The molecule has 2 rings (SSSR count). The number of methoxy groups -OCH3 is 2. The van der Waals surface area contributed by atoms with Gasteiger partial charge in [0.2, 0.25) is 0 Å². The van der Waals surface area contributed by atoms with Crippen LogP contribution in [-0.2, 0) is 0 Å². The molecule has 0 heterocycles. The average molecular weight is 402 g/mol. The van der Waals surface area contributed by atoms with Gasteiger partial charge in [-0.2, -0.15) is 0 Å². The van der Waals surface area contributed by atoms with Crippen molar-refractivity contribution in [1.82, 2.24) is 4.90 Å². The lowest BCUT2D eigenvalue weighted by molar-refractivity contribution is 0.112. The van der Waals surface area contributed by atoms with E-state index in [0.29, 0.717) is 23.3 Å². The summed E-state index contributed by atoms with van der Waals surface area (Å²) in [4.78, 5) is 16.8. The first-order chi connectivity index (χ1) is 13.9. The first kappa shape index (κ1) is 24.0. The van der Waals surface area contributed by atoms with Crippen molar-refractivity contribution >= 4 is 12.5 Å². The smallest absolute Gasteiger partial charge is 0.161 e. The molecule has 0 amide bonds. The van der Waals surface area contributed by atoms with Gasteiger partial charge in [-0.1, -0.05) is 0 Å². The van der Waals surface area contributed by atoms with Gasteiger partial charge in [-0.15, -0.1) is 0 Å². The largest absolute Gasteiger partial charge is 0.504 e. The van der Waals surface area contributed by atoms with Gasteiger partial charge in [-0.05, 0) is 75.4 Å². The third-order valence-electron chi connectivity index (χ3n) is 3.93. The molecule has 0 aromatic heterocycles. The van der Waals surface area contributed by atoms with Crippen LogP contribution in [0.5, 0.6) is 23.0 Å². The van der Waals surface area contributed by atoms with Gasteiger partial charge in [0.25, 0.3) is 0 Å².